The minimum atomic E-state index is 0.124. The second-order valence-corrected chi connectivity index (χ2v) is 6.37. The number of fused-ring (bicyclic) bond motifs is 3. The highest BCUT2D eigenvalue weighted by atomic mass is 16.5. The van der Waals surface area contributed by atoms with Gasteiger partial charge in [0.1, 0.15) is 5.75 Å². The molecule has 0 saturated heterocycles. The number of benzene rings is 2. The van der Waals surface area contributed by atoms with E-state index in [1.807, 2.05) is 34.9 Å². The number of carbonyl (C=O) groups excluding carboxylic acids is 1. The van der Waals surface area contributed by atoms with Crippen molar-refractivity contribution in [3.63, 3.8) is 0 Å². The van der Waals surface area contributed by atoms with Crippen molar-refractivity contribution in [3.8, 4) is 5.75 Å². The van der Waals surface area contributed by atoms with Gasteiger partial charge in [-0.25, -0.2) is 0 Å². The highest BCUT2D eigenvalue weighted by molar-refractivity contribution is 5.97. The van der Waals surface area contributed by atoms with Crippen molar-refractivity contribution in [3.05, 3.63) is 65.4 Å². The first-order chi connectivity index (χ1) is 11.8. The number of nitrogens with zero attached hydrogens (tertiary/aromatic N) is 1. The van der Waals surface area contributed by atoms with Crippen LogP contribution in [0.15, 0.2) is 48.5 Å². The Morgan fingerprint density at radius 3 is 2.67 bits per heavy atom. The van der Waals surface area contributed by atoms with Crippen LogP contribution < -0.4 is 4.74 Å². The fourth-order valence-corrected chi connectivity index (χ4v) is 3.87. The van der Waals surface area contributed by atoms with Crippen molar-refractivity contribution in [2.24, 2.45) is 0 Å². The number of aryl methyl sites for hydroxylation is 1. The molecule has 3 nitrogen and oxygen atoms in total. The standard InChI is InChI=1S/C21H21NO2/c1-24-20-13-7-2-8-15(20)14-21(23)22-18-11-5-3-9-16(18)17-10-4-6-12-19(17)22/h2-3,5,7-9,11,13H,4,6,10,12,14H2,1H3. The number of rotatable bonds is 3. The number of methoxy groups -OCH3 is 1. The van der Waals surface area contributed by atoms with Gasteiger partial charge < -0.3 is 4.74 Å². The Kier molecular flexibility index (Phi) is 3.85. The van der Waals surface area contributed by atoms with Crippen molar-refractivity contribution < 1.29 is 9.53 Å². The van der Waals surface area contributed by atoms with E-state index in [2.05, 4.69) is 18.2 Å². The van der Waals surface area contributed by atoms with Crippen LogP contribution in [-0.4, -0.2) is 17.6 Å². The van der Waals surface area contributed by atoms with Crippen LogP contribution in [0, 0.1) is 0 Å². The molecule has 122 valence electrons. The average molecular weight is 319 g/mol. The predicted octanol–water partition coefficient (Wildman–Crippen LogP) is 4.41. The normalized spacial score (nSPS) is 13.7. The maximum Gasteiger partial charge on any atom is 0.235 e. The maximum absolute atomic E-state index is 13.1. The lowest BCUT2D eigenvalue weighted by Gasteiger charge is -2.15. The van der Waals surface area contributed by atoms with E-state index in [9.17, 15) is 4.79 Å². The first kappa shape index (κ1) is 15.0. The van der Waals surface area contributed by atoms with Gasteiger partial charge in [0.15, 0.2) is 0 Å². The van der Waals surface area contributed by atoms with E-state index in [0.717, 1.165) is 36.1 Å². The highest BCUT2D eigenvalue weighted by Gasteiger charge is 2.23. The summed E-state index contributed by atoms with van der Waals surface area (Å²) >= 11 is 0. The van der Waals surface area contributed by atoms with E-state index in [4.69, 9.17) is 4.74 Å². The SMILES string of the molecule is COc1ccccc1CC(=O)n1c2c(c3ccccc31)CCCC2. The van der Waals surface area contributed by atoms with Gasteiger partial charge in [0, 0.05) is 16.6 Å². The Bertz CT molecular complexity index is 907. The Balaban J connectivity index is 1.80. The zero-order chi connectivity index (χ0) is 16.5. The molecule has 1 aliphatic carbocycles. The monoisotopic (exact) mass is 319 g/mol. The lowest BCUT2D eigenvalue weighted by atomic mass is 9.95. The minimum absolute atomic E-state index is 0.124. The first-order valence-corrected chi connectivity index (χ1v) is 8.56. The van der Waals surface area contributed by atoms with Gasteiger partial charge in [-0.05, 0) is 43.4 Å². The summed E-state index contributed by atoms with van der Waals surface area (Å²) in [7, 11) is 1.65. The Labute approximate surface area is 141 Å². The van der Waals surface area contributed by atoms with Crippen molar-refractivity contribution >= 4 is 16.8 Å². The fourth-order valence-electron chi connectivity index (χ4n) is 3.87. The molecule has 0 N–H and O–H groups in total. The number of hydrogen-bond acceptors (Lipinski definition) is 2. The largest absolute Gasteiger partial charge is 0.496 e. The van der Waals surface area contributed by atoms with Crippen LogP contribution in [0.3, 0.4) is 0 Å². The molecule has 24 heavy (non-hydrogen) atoms. The molecular formula is C21H21NO2. The van der Waals surface area contributed by atoms with Crippen molar-refractivity contribution in [2.45, 2.75) is 32.1 Å². The van der Waals surface area contributed by atoms with Gasteiger partial charge in [0.2, 0.25) is 5.91 Å². The lowest BCUT2D eigenvalue weighted by Crippen LogP contribution is -2.18. The smallest absolute Gasteiger partial charge is 0.235 e. The summed E-state index contributed by atoms with van der Waals surface area (Å²) in [6.45, 7) is 0. The quantitative estimate of drug-likeness (QED) is 0.716. The molecule has 0 radical (unpaired) electrons. The summed E-state index contributed by atoms with van der Waals surface area (Å²) in [5, 5.41) is 1.24. The van der Waals surface area contributed by atoms with Gasteiger partial charge in [-0.1, -0.05) is 36.4 Å². The van der Waals surface area contributed by atoms with Crippen LogP contribution in [0.25, 0.3) is 10.9 Å². The molecule has 3 heteroatoms. The highest BCUT2D eigenvalue weighted by Crippen LogP contribution is 2.32. The van der Waals surface area contributed by atoms with E-state index in [-0.39, 0.29) is 5.91 Å². The molecular weight excluding hydrogens is 298 g/mol. The molecule has 0 atom stereocenters. The van der Waals surface area contributed by atoms with E-state index >= 15 is 0 Å². The molecule has 0 fully saturated rings. The van der Waals surface area contributed by atoms with Crippen LogP contribution in [0.2, 0.25) is 0 Å². The molecule has 0 spiro atoms. The first-order valence-electron chi connectivity index (χ1n) is 8.56. The van der Waals surface area contributed by atoms with Gasteiger partial charge >= 0.3 is 0 Å². The van der Waals surface area contributed by atoms with E-state index in [1.54, 1.807) is 7.11 Å². The van der Waals surface area contributed by atoms with Crippen LogP contribution in [-0.2, 0) is 19.3 Å². The zero-order valence-electron chi connectivity index (χ0n) is 13.9. The maximum atomic E-state index is 13.1. The predicted molar refractivity (Wildman–Crippen MR) is 95.9 cm³/mol. The van der Waals surface area contributed by atoms with Gasteiger partial charge in [-0.2, -0.15) is 0 Å². The van der Waals surface area contributed by atoms with Crippen molar-refractivity contribution in [1.29, 1.82) is 0 Å². The molecule has 1 heterocycles. The molecule has 0 bridgehead atoms. The average Bonchev–Trinajstić information content (AvgIpc) is 2.97. The molecule has 4 rings (SSSR count). The molecule has 0 aliphatic heterocycles. The van der Waals surface area contributed by atoms with Crippen LogP contribution in [0.1, 0.15) is 34.5 Å². The van der Waals surface area contributed by atoms with Crippen LogP contribution in [0.4, 0.5) is 0 Å². The molecule has 0 unspecified atom stereocenters. The third kappa shape index (κ3) is 2.41. The summed E-state index contributed by atoms with van der Waals surface area (Å²) in [6, 6.07) is 16.0. The molecule has 1 aliphatic rings. The van der Waals surface area contributed by atoms with E-state index in [1.165, 1.54) is 23.1 Å². The topological polar surface area (TPSA) is 31.2 Å². The van der Waals surface area contributed by atoms with Gasteiger partial charge in [0.25, 0.3) is 0 Å². The van der Waals surface area contributed by atoms with Gasteiger partial charge in [-0.15, -0.1) is 0 Å². The summed E-state index contributed by atoms with van der Waals surface area (Å²) in [5.74, 6) is 0.898. The zero-order valence-corrected chi connectivity index (χ0v) is 13.9. The van der Waals surface area contributed by atoms with Crippen molar-refractivity contribution in [1.82, 2.24) is 4.57 Å². The number of carbonyl (C=O) groups is 1. The Hall–Kier alpha value is -2.55. The molecule has 1 aromatic heterocycles. The number of ether oxygens (including phenoxy) is 1. The van der Waals surface area contributed by atoms with E-state index < -0.39 is 0 Å². The summed E-state index contributed by atoms with van der Waals surface area (Å²) in [5.41, 5.74) is 4.56. The number of aromatic nitrogens is 1. The third-order valence-electron chi connectivity index (χ3n) is 4.96. The molecule has 2 aromatic carbocycles. The van der Waals surface area contributed by atoms with Gasteiger partial charge in [0.05, 0.1) is 19.0 Å². The number of hydrogen-bond donors (Lipinski definition) is 0. The molecule has 0 amide bonds. The number of para-hydroxylation sites is 2. The Morgan fingerprint density at radius 2 is 1.79 bits per heavy atom. The van der Waals surface area contributed by atoms with E-state index in [0.29, 0.717) is 6.42 Å². The summed E-state index contributed by atoms with van der Waals surface area (Å²) < 4.78 is 7.36. The fraction of sp³-hybridized carbons (Fsp3) is 0.286. The second kappa shape index (κ2) is 6.16. The van der Waals surface area contributed by atoms with Crippen LogP contribution >= 0.6 is 0 Å². The second-order valence-electron chi connectivity index (χ2n) is 6.37. The third-order valence-corrected chi connectivity index (χ3v) is 4.96. The lowest BCUT2D eigenvalue weighted by molar-refractivity contribution is 0.0915. The van der Waals surface area contributed by atoms with Crippen LogP contribution in [0.5, 0.6) is 5.75 Å². The Morgan fingerprint density at radius 1 is 1.04 bits per heavy atom. The molecule has 3 aromatic rings. The summed E-state index contributed by atoms with van der Waals surface area (Å²) in [4.78, 5) is 13.1. The minimum Gasteiger partial charge on any atom is -0.496 e. The van der Waals surface area contributed by atoms with Crippen molar-refractivity contribution in [2.75, 3.05) is 7.11 Å². The van der Waals surface area contributed by atoms with Gasteiger partial charge in [-0.3, -0.25) is 9.36 Å². The summed E-state index contributed by atoms with van der Waals surface area (Å²) in [6.07, 6.45) is 4.79. The molecule has 0 saturated carbocycles.